The van der Waals surface area contributed by atoms with Gasteiger partial charge < -0.3 is 9.73 Å². The van der Waals surface area contributed by atoms with Crippen molar-refractivity contribution in [2.45, 2.75) is 75.3 Å². The molecule has 4 unspecified atom stereocenters. The van der Waals surface area contributed by atoms with Gasteiger partial charge in [0.05, 0.1) is 5.25 Å². The molecule has 1 aliphatic carbocycles. The first kappa shape index (κ1) is 19.9. The number of nitrogens with one attached hydrogen (secondary N) is 1. The van der Waals surface area contributed by atoms with E-state index in [-0.39, 0.29) is 11.2 Å². The van der Waals surface area contributed by atoms with Gasteiger partial charge in [0.1, 0.15) is 0 Å². The fraction of sp³-hybridized carbons (Fsp3) is 0.571. The SMILES string of the molecule is CC(Sc1nnc(CC(C)c2ccccc2)o1)C(=O)NC1CCCCC1C. The molecular weight excluding hydrogens is 358 g/mol. The van der Waals surface area contributed by atoms with Crippen LogP contribution in [0.25, 0.3) is 0 Å². The number of benzene rings is 1. The van der Waals surface area contributed by atoms with E-state index in [1.807, 2.05) is 25.1 Å². The molecule has 27 heavy (non-hydrogen) atoms. The fourth-order valence-electron chi connectivity index (χ4n) is 3.57. The Balaban J connectivity index is 1.51. The van der Waals surface area contributed by atoms with Crippen LogP contribution in [0, 0.1) is 5.92 Å². The standard InChI is InChI=1S/C21H29N3O2S/c1-14-9-7-8-12-18(14)22-20(25)16(3)27-21-24-23-19(26-21)13-15(2)17-10-5-4-6-11-17/h4-6,10-11,14-16,18H,7-9,12-13H2,1-3H3,(H,22,25). The molecule has 4 atom stereocenters. The number of hydrogen-bond acceptors (Lipinski definition) is 5. The third kappa shape index (κ3) is 5.58. The monoisotopic (exact) mass is 387 g/mol. The van der Waals surface area contributed by atoms with Crippen molar-refractivity contribution in [2.75, 3.05) is 0 Å². The molecule has 1 saturated carbocycles. The van der Waals surface area contributed by atoms with Crippen LogP contribution in [-0.2, 0) is 11.2 Å². The van der Waals surface area contributed by atoms with Crippen molar-refractivity contribution in [1.82, 2.24) is 15.5 Å². The maximum absolute atomic E-state index is 12.5. The second-order valence-electron chi connectivity index (χ2n) is 7.61. The van der Waals surface area contributed by atoms with Crippen LogP contribution in [-0.4, -0.2) is 27.4 Å². The molecule has 1 heterocycles. The van der Waals surface area contributed by atoms with Gasteiger partial charge in [0.25, 0.3) is 5.22 Å². The molecule has 1 N–H and O–H groups in total. The summed E-state index contributed by atoms with van der Waals surface area (Å²) in [6.45, 7) is 6.26. The molecule has 146 valence electrons. The molecular formula is C21H29N3O2S. The average Bonchev–Trinajstić information content (AvgIpc) is 3.11. The lowest BCUT2D eigenvalue weighted by Crippen LogP contribution is -2.44. The Morgan fingerprint density at radius 1 is 1.22 bits per heavy atom. The third-order valence-electron chi connectivity index (χ3n) is 5.38. The first-order valence-electron chi connectivity index (χ1n) is 9.87. The lowest BCUT2D eigenvalue weighted by molar-refractivity contribution is -0.121. The van der Waals surface area contributed by atoms with E-state index in [1.165, 1.54) is 36.6 Å². The zero-order valence-electron chi connectivity index (χ0n) is 16.4. The maximum Gasteiger partial charge on any atom is 0.277 e. The van der Waals surface area contributed by atoms with Crippen molar-refractivity contribution >= 4 is 17.7 Å². The van der Waals surface area contributed by atoms with Crippen LogP contribution in [0.4, 0.5) is 0 Å². The van der Waals surface area contributed by atoms with Crippen LogP contribution in [0.1, 0.15) is 63.8 Å². The van der Waals surface area contributed by atoms with Gasteiger partial charge in [-0.2, -0.15) is 0 Å². The number of carbonyl (C=O) groups excluding carboxylic acids is 1. The van der Waals surface area contributed by atoms with E-state index in [1.54, 1.807) is 0 Å². The van der Waals surface area contributed by atoms with Gasteiger partial charge in [-0.05, 0) is 37.2 Å². The number of aromatic nitrogens is 2. The Morgan fingerprint density at radius 3 is 2.70 bits per heavy atom. The first-order chi connectivity index (χ1) is 13.0. The second kappa shape index (κ2) is 9.40. The van der Waals surface area contributed by atoms with Crippen molar-refractivity contribution in [1.29, 1.82) is 0 Å². The topological polar surface area (TPSA) is 68.0 Å². The molecule has 3 rings (SSSR count). The molecule has 1 aromatic heterocycles. The summed E-state index contributed by atoms with van der Waals surface area (Å²) in [6.07, 6.45) is 5.43. The van der Waals surface area contributed by atoms with Crippen molar-refractivity contribution < 1.29 is 9.21 Å². The second-order valence-corrected chi connectivity index (χ2v) is 8.91. The fourth-order valence-corrected chi connectivity index (χ4v) is 4.27. The van der Waals surface area contributed by atoms with Gasteiger partial charge in [0, 0.05) is 12.5 Å². The number of rotatable bonds is 7. The number of hydrogen-bond donors (Lipinski definition) is 1. The van der Waals surface area contributed by atoms with E-state index in [0.717, 1.165) is 6.42 Å². The molecule has 5 nitrogen and oxygen atoms in total. The van der Waals surface area contributed by atoms with Crippen molar-refractivity contribution in [3.8, 4) is 0 Å². The van der Waals surface area contributed by atoms with Crippen LogP contribution in [0.2, 0.25) is 0 Å². The summed E-state index contributed by atoms with van der Waals surface area (Å²) in [5.41, 5.74) is 1.25. The molecule has 0 spiro atoms. The van der Waals surface area contributed by atoms with Gasteiger partial charge in [-0.15, -0.1) is 10.2 Å². The molecule has 1 aliphatic rings. The number of thioether (sulfide) groups is 1. The van der Waals surface area contributed by atoms with Crippen LogP contribution in [0.5, 0.6) is 0 Å². The highest BCUT2D eigenvalue weighted by atomic mass is 32.2. The minimum atomic E-state index is -0.251. The van der Waals surface area contributed by atoms with Crippen molar-refractivity contribution in [3.05, 3.63) is 41.8 Å². The zero-order valence-corrected chi connectivity index (χ0v) is 17.2. The highest BCUT2D eigenvalue weighted by molar-refractivity contribution is 8.00. The van der Waals surface area contributed by atoms with E-state index in [0.29, 0.717) is 35.4 Å². The predicted molar refractivity (Wildman–Crippen MR) is 108 cm³/mol. The average molecular weight is 388 g/mol. The number of amides is 1. The molecule has 0 bridgehead atoms. The first-order valence-corrected chi connectivity index (χ1v) is 10.7. The van der Waals surface area contributed by atoms with Gasteiger partial charge >= 0.3 is 0 Å². The molecule has 0 radical (unpaired) electrons. The van der Waals surface area contributed by atoms with Crippen LogP contribution < -0.4 is 5.32 Å². The maximum atomic E-state index is 12.5. The number of carbonyl (C=O) groups is 1. The summed E-state index contributed by atoms with van der Waals surface area (Å²) in [5, 5.41) is 11.7. The van der Waals surface area contributed by atoms with E-state index in [4.69, 9.17) is 4.42 Å². The highest BCUT2D eigenvalue weighted by Crippen LogP contribution is 2.27. The van der Waals surface area contributed by atoms with Gasteiger partial charge in [-0.25, -0.2) is 0 Å². The number of nitrogens with zero attached hydrogens (tertiary/aromatic N) is 2. The quantitative estimate of drug-likeness (QED) is 0.704. The normalized spacial score (nSPS) is 22.2. The van der Waals surface area contributed by atoms with E-state index in [9.17, 15) is 4.79 Å². The van der Waals surface area contributed by atoms with Crippen molar-refractivity contribution in [2.24, 2.45) is 5.92 Å². The Bertz CT molecular complexity index is 734. The van der Waals surface area contributed by atoms with E-state index in [2.05, 4.69) is 41.5 Å². The summed E-state index contributed by atoms with van der Waals surface area (Å²) >= 11 is 1.33. The van der Waals surface area contributed by atoms with Crippen LogP contribution >= 0.6 is 11.8 Å². The highest BCUT2D eigenvalue weighted by Gasteiger charge is 2.26. The van der Waals surface area contributed by atoms with Gasteiger partial charge in [-0.1, -0.05) is 68.8 Å². The lowest BCUT2D eigenvalue weighted by atomic mass is 9.86. The van der Waals surface area contributed by atoms with Crippen LogP contribution in [0.3, 0.4) is 0 Å². The lowest BCUT2D eigenvalue weighted by Gasteiger charge is -2.30. The Morgan fingerprint density at radius 2 is 1.96 bits per heavy atom. The van der Waals surface area contributed by atoms with Crippen molar-refractivity contribution in [3.63, 3.8) is 0 Å². The molecule has 1 aromatic carbocycles. The summed E-state index contributed by atoms with van der Waals surface area (Å²) in [6, 6.07) is 10.6. The Kier molecular flexibility index (Phi) is 6.94. The van der Waals surface area contributed by atoms with E-state index >= 15 is 0 Å². The van der Waals surface area contributed by atoms with Gasteiger partial charge in [-0.3, -0.25) is 4.79 Å². The van der Waals surface area contributed by atoms with Crippen LogP contribution in [0.15, 0.2) is 40.0 Å². The summed E-state index contributed by atoms with van der Waals surface area (Å²) in [5.74, 6) is 1.52. The Labute approximate surface area is 165 Å². The minimum absolute atomic E-state index is 0.0520. The molecule has 2 aromatic rings. The molecule has 0 aliphatic heterocycles. The smallest absolute Gasteiger partial charge is 0.277 e. The van der Waals surface area contributed by atoms with Gasteiger partial charge in [0.15, 0.2) is 0 Å². The van der Waals surface area contributed by atoms with E-state index < -0.39 is 0 Å². The zero-order chi connectivity index (χ0) is 19.2. The summed E-state index contributed by atoms with van der Waals surface area (Å²) < 4.78 is 5.77. The van der Waals surface area contributed by atoms with Gasteiger partial charge in [0.2, 0.25) is 11.8 Å². The largest absolute Gasteiger partial charge is 0.416 e. The molecule has 6 heteroatoms. The summed E-state index contributed by atoms with van der Waals surface area (Å²) in [7, 11) is 0. The predicted octanol–water partition coefficient (Wildman–Crippen LogP) is 4.59. The minimum Gasteiger partial charge on any atom is -0.416 e. The molecule has 0 saturated heterocycles. The molecule has 1 amide bonds. The summed E-state index contributed by atoms with van der Waals surface area (Å²) in [4.78, 5) is 12.5. The Hall–Kier alpha value is -1.82. The third-order valence-corrected chi connectivity index (χ3v) is 6.32. The molecule has 1 fully saturated rings.